The molecule has 0 atom stereocenters. The maximum absolute atomic E-state index is 13.0. The predicted molar refractivity (Wildman–Crippen MR) is 54.3 cm³/mol. The molecule has 9 nitrogen and oxygen atoms in total. The van der Waals surface area contributed by atoms with Gasteiger partial charge in [0.25, 0.3) is 0 Å². The van der Waals surface area contributed by atoms with Crippen molar-refractivity contribution in [2.45, 2.75) is 5.25 Å². The van der Waals surface area contributed by atoms with E-state index in [0.29, 0.717) is 0 Å². The Labute approximate surface area is 102 Å². The molecule has 0 aromatic heterocycles. The van der Waals surface area contributed by atoms with Crippen molar-refractivity contribution in [2.75, 3.05) is 12.5 Å². The lowest BCUT2D eigenvalue weighted by atomic mass is 10.7. The van der Waals surface area contributed by atoms with Gasteiger partial charge in [0.05, 0.1) is 22.2 Å². The van der Waals surface area contributed by atoms with Crippen LogP contribution in [-0.4, -0.2) is 48.9 Å². The van der Waals surface area contributed by atoms with Crippen LogP contribution in [0.3, 0.4) is 0 Å². The standard InChI is InChI=1S/C4H7F2N2O7S3/c1-16(10,11)7-3(9)4(5,6)18(14,15)8-17(2,12)13/h1-2H3,(H,7,9)/q-1/p-1. The molecule has 0 aliphatic carbocycles. The lowest BCUT2D eigenvalue weighted by Crippen LogP contribution is -2.45. The molecule has 0 unspecified atom stereocenters. The predicted octanol–water partition coefficient (Wildman–Crippen LogP) is -2.04. The molecule has 0 saturated heterocycles. The zero-order valence-corrected chi connectivity index (χ0v) is 11.2. The third-order valence-corrected chi connectivity index (χ3v) is 4.24. The summed E-state index contributed by atoms with van der Waals surface area (Å²) >= 11 is 0. The molecule has 108 valence electrons. The van der Waals surface area contributed by atoms with Gasteiger partial charge in [-0.15, -0.1) is 0 Å². The Morgan fingerprint density at radius 1 is 1.11 bits per heavy atom. The van der Waals surface area contributed by atoms with Gasteiger partial charge in [-0.25, -0.2) is 25.3 Å². The first-order chi connectivity index (χ1) is 7.58. The number of hydrogen-bond acceptors (Lipinski definition) is 7. The molecule has 0 fully saturated rings. The summed E-state index contributed by atoms with van der Waals surface area (Å²) < 4.78 is 93.2. The Hall–Kier alpha value is -0.860. The van der Waals surface area contributed by atoms with Crippen LogP contribution >= 0.6 is 0 Å². The second-order valence-electron chi connectivity index (χ2n) is 2.93. The fraction of sp³-hybridized carbons (Fsp3) is 0.750. The molecular formula is C4H6F2N2O7S3-2. The fourth-order valence-corrected chi connectivity index (χ4v) is 3.08. The molecule has 0 aliphatic rings. The minimum Gasteiger partial charge on any atom is -0.856 e. The highest BCUT2D eigenvalue weighted by Crippen LogP contribution is 2.28. The van der Waals surface area contributed by atoms with E-state index in [4.69, 9.17) is 0 Å². The minimum atomic E-state index is -6.09. The van der Waals surface area contributed by atoms with E-state index in [1.54, 1.807) is 4.13 Å². The van der Waals surface area contributed by atoms with Crippen LogP contribution < -0.4 is 5.11 Å². The molecule has 0 heterocycles. The molecule has 0 aliphatic heterocycles. The van der Waals surface area contributed by atoms with Gasteiger partial charge in [-0.1, -0.05) is 0 Å². The number of halogens is 2. The Morgan fingerprint density at radius 2 is 1.50 bits per heavy atom. The van der Waals surface area contributed by atoms with E-state index >= 15 is 0 Å². The van der Waals surface area contributed by atoms with Gasteiger partial charge in [0, 0.05) is 6.26 Å². The fourth-order valence-electron chi connectivity index (χ4n) is 0.539. The number of alkyl halides is 2. The van der Waals surface area contributed by atoms with Crippen molar-refractivity contribution in [2.24, 2.45) is 4.40 Å². The third kappa shape index (κ3) is 4.79. The molecule has 0 spiro atoms. The van der Waals surface area contributed by atoms with E-state index in [-0.39, 0.29) is 12.5 Å². The Morgan fingerprint density at radius 3 is 1.78 bits per heavy atom. The van der Waals surface area contributed by atoms with Crippen molar-refractivity contribution >= 4 is 36.0 Å². The van der Waals surface area contributed by atoms with Crippen LogP contribution in [0.1, 0.15) is 0 Å². The summed E-state index contributed by atoms with van der Waals surface area (Å²) in [4.78, 5) is 0. The molecule has 18 heavy (non-hydrogen) atoms. The number of sulfonamides is 3. The van der Waals surface area contributed by atoms with Gasteiger partial charge in [-0.3, -0.25) is 0 Å². The molecule has 0 amide bonds. The lowest BCUT2D eigenvalue weighted by molar-refractivity contribution is -0.233. The van der Waals surface area contributed by atoms with Crippen LogP contribution in [0.2, 0.25) is 0 Å². The summed E-state index contributed by atoms with van der Waals surface area (Å²) in [6.45, 7) is 0. The van der Waals surface area contributed by atoms with Crippen LogP contribution in [-0.2, 0) is 30.1 Å². The molecule has 14 heteroatoms. The van der Waals surface area contributed by atoms with Crippen LogP contribution in [0, 0.1) is 0 Å². The molecule has 0 aromatic carbocycles. The highest BCUT2D eigenvalue weighted by molar-refractivity contribution is 8.12. The Balaban J connectivity index is 5.75. The first kappa shape index (κ1) is 17.1. The van der Waals surface area contributed by atoms with Crippen molar-refractivity contribution in [1.82, 2.24) is 0 Å². The van der Waals surface area contributed by atoms with Crippen LogP contribution in [0.4, 0.5) is 8.78 Å². The van der Waals surface area contributed by atoms with Crippen molar-refractivity contribution in [3.63, 3.8) is 0 Å². The highest BCUT2D eigenvalue weighted by Gasteiger charge is 2.41. The largest absolute Gasteiger partial charge is 0.856 e. The van der Waals surface area contributed by atoms with Gasteiger partial charge in [0.2, 0.25) is 10.0 Å². The summed E-state index contributed by atoms with van der Waals surface area (Å²) in [5.41, 5.74) is 0. The van der Waals surface area contributed by atoms with E-state index in [9.17, 15) is 39.1 Å². The maximum atomic E-state index is 13.0. The van der Waals surface area contributed by atoms with Gasteiger partial charge < -0.3 is 9.23 Å². The second kappa shape index (κ2) is 4.67. The lowest BCUT2D eigenvalue weighted by Gasteiger charge is -2.28. The molecule has 0 rings (SSSR count). The highest BCUT2D eigenvalue weighted by atomic mass is 32.3. The van der Waals surface area contributed by atoms with Gasteiger partial charge in [-0.05, 0) is 0 Å². The molecule has 0 N–H and O–H groups in total. The minimum absolute atomic E-state index is 0.193. The second-order valence-corrected chi connectivity index (χ2v) is 8.10. The summed E-state index contributed by atoms with van der Waals surface area (Å²) in [7, 11) is -15.4. The van der Waals surface area contributed by atoms with Gasteiger partial charge in [-0.2, -0.15) is 13.2 Å². The zero-order valence-electron chi connectivity index (χ0n) is 8.73. The smallest absolute Gasteiger partial charge is 0.359 e. The van der Waals surface area contributed by atoms with Crippen LogP contribution in [0.25, 0.3) is 4.13 Å². The molecule has 0 aromatic rings. The van der Waals surface area contributed by atoms with E-state index in [0.717, 1.165) is 0 Å². The van der Waals surface area contributed by atoms with Crippen LogP contribution in [0.5, 0.6) is 0 Å². The first-order valence-corrected chi connectivity index (χ1v) is 8.76. The average molecular weight is 328 g/mol. The summed E-state index contributed by atoms with van der Waals surface area (Å²) in [5.74, 6) is -2.85. The summed E-state index contributed by atoms with van der Waals surface area (Å²) in [6.07, 6.45) is 0.458. The van der Waals surface area contributed by atoms with Crippen molar-refractivity contribution < 1.29 is 39.1 Å². The monoisotopic (exact) mass is 328 g/mol. The molecular weight excluding hydrogens is 322 g/mol. The average Bonchev–Trinajstić information content (AvgIpc) is 1.94. The zero-order chi connectivity index (χ0) is 15.0. The van der Waals surface area contributed by atoms with E-state index in [1.807, 2.05) is 4.40 Å². The molecule has 0 saturated carbocycles. The van der Waals surface area contributed by atoms with Crippen molar-refractivity contribution in [3.8, 4) is 0 Å². The third-order valence-electron chi connectivity index (χ3n) is 1.06. The number of nitrogens with zero attached hydrogens (tertiary/aromatic N) is 2. The normalized spacial score (nSPS) is 15.7. The number of hydrogen-bond donors (Lipinski definition) is 0. The molecule has 0 radical (unpaired) electrons. The van der Waals surface area contributed by atoms with Gasteiger partial charge in [0.1, 0.15) is 0 Å². The Kier molecular flexibility index (Phi) is 4.45. The van der Waals surface area contributed by atoms with Gasteiger partial charge >= 0.3 is 5.25 Å². The quantitative estimate of drug-likeness (QED) is 0.416. The summed E-state index contributed by atoms with van der Waals surface area (Å²) in [6, 6.07) is 0. The molecule has 0 bridgehead atoms. The van der Waals surface area contributed by atoms with Crippen molar-refractivity contribution in [1.29, 1.82) is 0 Å². The van der Waals surface area contributed by atoms with E-state index in [1.165, 1.54) is 0 Å². The van der Waals surface area contributed by atoms with E-state index < -0.39 is 41.2 Å². The Bertz CT molecular complexity index is 659. The first-order valence-electron chi connectivity index (χ1n) is 3.62. The van der Waals surface area contributed by atoms with Gasteiger partial charge in [0.15, 0.2) is 10.0 Å². The van der Waals surface area contributed by atoms with E-state index in [2.05, 4.69) is 0 Å². The summed E-state index contributed by atoms with van der Waals surface area (Å²) in [5, 5.41) is 5.29. The SMILES string of the molecule is CS(=O)(=O)/N=C(\[O-])C(F)(F)S(=O)(=O)[N-]S(C)(=O)=O. The van der Waals surface area contributed by atoms with Crippen LogP contribution in [0.15, 0.2) is 4.40 Å². The number of rotatable bonds is 5. The van der Waals surface area contributed by atoms with Crippen molar-refractivity contribution in [3.05, 3.63) is 4.13 Å². The maximum Gasteiger partial charge on any atom is 0.359 e. The topological polar surface area (TPSA) is 152 Å².